The molecule has 1 aromatic heterocycles. The number of halogens is 6. The van der Waals surface area contributed by atoms with Crippen LogP contribution in [0.1, 0.15) is 16.7 Å². The van der Waals surface area contributed by atoms with Crippen molar-refractivity contribution < 1.29 is 26.3 Å². The molecule has 0 fully saturated rings. The third-order valence-electron chi connectivity index (χ3n) is 2.66. The molecule has 122 valence electrons. The van der Waals surface area contributed by atoms with Crippen molar-refractivity contribution >= 4 is 22.2 Å². The van der Waals surface area contributed by atoms with Gasteiger partial charge in [0.25, 0.3) is 5.56 Å². The van der Waals surface area contributed by atoms with Crippen LogP contribution in [-0.4, -0.2) is 4.37 Å². The molecule has 0 radical (unpaired) electrons. The van der Waals surface area contributed by atoms with Crippen LogP contribution < -0.4 is 10.9 Å². The van der Waals surface area contributed by atoms with Crippen LogP contribution in [-0.2, 0) is 12.4 Å². The summed E-state index contributed by atoms with van der Waals surface area (Å²) in [5, 5.41) is 10.8. The average Bonchev–Trinajstić information content (AvgIpc) is 2.76. The average molecular weight is 353 g/mol. The number of benzene rings is 1. The number of nitrogens with one attached hydrogen (secondary N) is 2. The van der Waals surface area contributed by atoms with Crippen LogP contribution in [0.4, 0.5) is 37.0 Å². The molecular formula is C12H5F6N3OS. The summed E-state index contributed by atoms with van der Waals surface area (Å²) in [6, 6.07) is 2.41. The summed E-state index contributed by atoms with van der Waals surface area (Å²) in [6.45, 7) is 0. The van der Waals surface area contributed by atoms with Gasteiger partial charge in [0.2, 0.25) is 0 Å². The highest BCUT2D eigenvalue weighted by Crippen LogP contribution is 2.38. The minimum absolute atomic E-state index is 0.0179. The summed E-state index contributed by atoms with van der Waals surface area (Å²) in [7, 11) is 0. The molecule has 0 saturated carbocycles. The number of alkyl halides is 6. The number of hydrogen-bond acceptors (Lipinski definition) is 4. The first kappa shape index (κ1) is 16.9. The maximum absolute atomic E-state index is 12.7. The van der Waals surface area contributed by atoms with Gasteiger partial charge in [-0.1, -0.05) is 0 Å². The Bertz CT molecular complexity index is 795. The molecule has 2 rings (SSSR count). The Labute approximate surface area is 128 Å². The zero-order valence-electron chi connectivity index (χ0n) is 10.8. The van der Waals surface area contributed by atoms with Crippen molar-refractivity contribution in [3.8, 4) is 6.07 Å². The Balaban J connectivity index is 2.54. The van der Waals surface area contributed by atoms with Gasteiger partial charge in [0.1, 0.15) is 11.1 Å². The highest BCUT2D eigenvalue weighted by Gasteiger charge is 2.37. The molecule has 4 nitrogen and oxygen atoms in total. The van der Waals surface area contributed by atoms with Crippen molar-refractivity contribution in [2.24, 2.45) is 0 Å². The zero-order valence-corrected chi connectivity index (χ0v) is 11.6. The van der Waals surface area contributed by atoms with Crippen molar-refractivity contribution in [3.63, 3.8) is 0 Å². The Kier molecular flexibility index (Phi) is 4.12. The first-order chi connectivity index (χ1) is 10.5. The molecule has 0 aliphatic heterocycles. The second kappa shape index (κ2) is 5.62. The third-order valence-corrected chi connectivity index (χ3v) is 3.46. The predicted octanol–water partition coefficient (Wildman–Crippen LogP) is 4.09. The molecule has 0 aliphatic rings. The van der Waals surface area contributed by atoms with Gasteiger partial charge in [-0.3, -0.25) is 9.17 Å². The number of aromatic nitrogens is 1. The van der Waals surface area contributed by atoms with E-state index in [4.69, 9.17) is 5.26 Å². The molecule has 0 atom stereocenters. The Morgan fingerprint density at radius 2 is 1.57 bits per heavy atom. The Morgan fingerprint density at radius 1 is 1.04 bits per heavy atom. The van der Waals surface area contributed by atoms with Gasteiger partial charge in [-0.25, -0.2) is 0 Å². The number of nitriles is 1. The van der Waals surface area contributed by atoms with Gasteiger partial charge in [0.15, 0.2) is 5.56 Å². The van der Waals surface area contributed by atoms with E-state index in [9.17, 15) is 31.1 Å². The van der Waals surface area contributed by atoms with E-state index in [2.05, 4.69) is 9.69 Å². The highest BCUT2D eigenvalue weighted by molar-refractivity contribution is 7.10. The Hall–Kier alpha value is -2.48. The van der Waals surface area contributed by atoms with E-state index in [-0.39, 0.29) is 11.1 Å². The summed E-state index contributed by atoms with van der Waals surface area (Å²) in [5.41, 5.74) is -4.77. The van der Waals surface area contributed by atoms with E-state index < -0.39 is 40.3 Å². The maximum atomic E-state index is 12.7. The number of aromatic amines is 1. The molecular weight excluding hydrogens is 348 g/mol. The lowest BCUT2D eigenvalue weighted by Gasteiger charge is -2.14. The van der Waals surface area contributed by atoms with Gasteiger partial charge >= 0.3 is 12.4 Å². The topological polar surface area (TPSA) is 68.7 Å². The van der Waals surface area contributed by atoms with Crippen LogP contribution in [0, 0.1) is 11.3 Å². The quantitative estimate of drug-likeness (QED) is 0.799. The maximum Gasteiger partial charge on any atom is 0.416 e. The van der Waals surface area contributed by atoms with Crippen molar-refractivity contribution in [2.75, 3.05) is 5.32 Å². The van der Waals surface area contributed by atoms with Crippen molar-refractivity contribution in [1.82, 2.24) is 4.37 Å². The summed E-state index contributed by atoms with van der Waals surface area (Å²) in [4.78, 5) is 11.2. The molecule has 0 unspecified atom stereocenters. The molecule has 0 aliphatic carbocycles. The smallest absolute Gasteiger partial charge is 0.345 e. The van der Waals surface area contributed by atoms with E-state index in [1.54, 1.807) is 0 Å². The van der Waals surface area contributed by atoms with Crippen molar-refractivity contribution in [3.05, 3.63) is 45.2 Å². The van der Waals surface area contributed by atoms with Crippen LogP contribution in [0.2, 0.25) is 0 Å². The largest absolute Gasteiger partial charge is 0.416 e. The molecule has 1 aromatic carbocycles. The van der Waals surface area contributed by atoms with Gasteiger partial charge in [-0.05, 0) is 29.7 Å². The van der Waals surface area contributed by atoms with Crippen LogP contribution in [0.5, 0.6) is 0 Å². The second-order valence-corrected chi connectivity index (χ2v) is 5.09. The van der Waals surface area contributed by atoms with Crippen LogP contribution in [0.3, 0.4) is 0 Å². The molecule has 0 saturated heterocycles. The van der Waals surface area contributed by atoms with E-state index >= 15 is 0 Å². The van der Waals surface area contributed by atoms with Gasteiger partial charge in [-0.2, -0.15) is 31.6 Å². The fraction of sp³-hybridized carbons (Fsp3) is 0.167. The van der Waals surface area contributed by atoms with Crippen LogP contribution >= 0.6 is 11.5 Å². The SMILES string of the molecule is N#Cc1c(Nc2cc(C(F)(F)F)cc(C(F)(F)F)c2)s[nH]c1=O. The van der Waals surface area contributed by atoms with Gasteiger partial charge in [0, 0.05) is 5.69 Å². The van der Waals surface area contributed by atoms with Gasteiger partial charge < -0.3 is 5.32 Å². The number of rotatable bonds is 2. The second-order valence-electron chi connectivity index (χ2n) is 4.27. The third kappa shape index (κ3) is 3.65. The van der Waals surface area contributed by atoms with E-state index in [1.165, 1.54) is 6.07 Å². The van der Waals surface area contributed by atoms with E-state index in [0.717, 1.165) is 0 Å². The van der Waals surface area contributed by atoms with Crippen LogP contribution in [0.25, 0.3) is 0 Å². The summed E-state index contributed by atoms with van der Waals surface area (Å²) in [5.74, 6) is 0. The molecule has 1 heterocycles. The molecule has 0 bridgehead atoms. The van der Waals surface area contributed by atoms with E-state index in [0.29, 0.717) is 23.7 Å². The summed E-state index contributed by atoms with van der Waals surface area (Å²) in [6.07, 6.45) is -9.97. The number of H-pyrrole nitrogens is 1. The van der Waals surface area contributed by atoms with E-state index in [1.807, 2.05) is 0 Å². The molecule has 0 amide bonds. The number of nitrogens with zero attached hydrogens (tertiary/aromatic N) is 1. The fourth-order valence-corrected chi connectivity index (χ4v) is 2.36. The lowest BCUT2D eigenvalue weighted by Crippen LogP contribution is -2.11. The monoisotopic (exact) mass is 353 g/mol. The lowest BCUT2D eigenvalue weighted by molar-refractivity contribution is -0.143. The molecule has 11 heteroatoms. The van der Waals surface area contributed by atoms with Crippen molar-refractivity contribution in [2.45, 2.75) is 12.4 Å². The van der Waals surface area contributed by atoms with Gasteiger partial charge in [0.05, 0.1) is 11.1 Å². The molecule has 2 aromatic rings. The summed E-state index contributed by atoms with van der Waals surface area (Å²) >= 11 is 0.589. The number of anilines is 2. The zero-order chi connectivity index (χ0) is 17.4. The first-order valence-electron chi connectivity index (χ1n) is 5.70. The normalized spacial score (nSPS) is 12.0. The summed E-state index contributed by atoms with van der Waals surface area (Å²) < 4.78 is 78.5. The fourth-order valence-electron chi connectivity index (χ4n) is 1.65. The standard InChI is InChI=1S/C12H5F6N3OS/c13-11(14,15)5-1-6(12(16,17)18)3-7(2-5)20-10-8(4-19)9(22)21-23-10/h1-3,20H,(H,21,22). The van der Waals surface area contributed by atoms with Crippen molar-refractivity contribution in [1.29, 1.82) is 5.26 Å². The molecule has 0 spiro atoms. The lowest BCUT2D eigenvalue weighted by atomic mass is 10.1. The molecule has 2 N–H and O–H groups in total. The van der Waals surface area contributed by atoms with Crippen LogP contribution in [0.15, 0.2) is 23.0 Å². The van der Waals surface area contributed by atoms with Gasteiger partial charge in [-0.15, -0.1) is 0 Å². The number of hydrogen-bond donors (Lipinski definition) is 2. The highest BCUT2D eigenvalue weighted by atomic mass is 32.1. The predicted molar refractivity (Wildman–Crippen MR) is 69.4 cm³/mol. The first-order valence-corrected chi connectivity index (χ1v) is 6.52. The minimum atomic E-state index is -4.99. The minimum Gasteiger partial charge on any atom is -0.345 e. The molecule has 23 heavy (non-hydrogen) atoms. The Morgan fingerprint density at radius 3 is 2.00 bits per heavy atom.